The number of hydrogen-bond acceptors (Lipinski definition) is 7. The first kappa shape index (κ1) is 33.4. The molecule has 0 saturated carbocycles. The highest BCUT2D eigenvalue weighted by atomic mass is 16.6. The Hall–Kier alpha value is -4.54. The van der Waals surface area contributed by atoms with Crippen molar-refractivity contribution < 1.29 is 33.4 Å². The molecule has 1 fully saturated rings. The smallest absolute Gasteiger partial charge is 0.414 e. The normalized spacial score (nSPS) is 18.9. The predicted octanol–water partition coefficient (Wildman–Crippen LogP) is 4.58. The maximum absolute atomic E-state index is 14.1. The van der Waals surface area contributed by atoms with Crippen LogP contribution in [0.5, 0.6) is 5.75 Å². The molecule has 4 unspecified atom stereocenters. The van der Waals surface area contributed by atoms with E-state index in [1.807, 2.05) is 80.6 Å². The summed E-state index contributed by atoms with van der Waals surface area (Å²) >= 11 is 0. The predicted molar refractivity (Wildman–Crippen MR) is 168 cm³/mol. The maximum Gasteiger partial charge on any atom is 0.414 e. The number of ether oxygens (including phenoxy) is 3. The Bertz CT molecular complexity index is 1390. The van der Waals surface area contributed by atoms with Crippen molar-refractivity contribution >= 4 is 24.0 Å². The van der Waals surface area contributed by atoms with Crippen molar-refractivity contribution in [3.05, 3.63) is 78.0 Å². The zero-order chi connectivity index (χ0) is 32.9. The molecule has 11 heteroatoms. The number of fused-ring (bicyclic) bond motifs is 1. The fourth-order valence-electron chi connectivity index (χ4n) is 5.25. The van der Waals surface area contributed by atoms with E-state index >= 15 is 0 Å². The van der Waals surface area contributed by atoms with Gasteiger partial charge >= 0.3 is 12.2 Å². The first-order valence-corrected chi connectivity index (χ1v) is 15.2. The van der Waals surface area contributed by atoms with Crippen LogP contribution in [-0.2, 0) is 25.7 Å². The fourth-order valence-corrected chi connectivity index (χ4v) is 5.25. The van der Waals surface area contributed by atoms with Crippen LogP contribution in [0.2, 0.25) is 0 Å². The highest BCUT2D eigenvalue weighted by Crippen LogP contribution is 2.36. The van der Waals surface area contributed by atoms with Crippen molar-refractivity contribution in [1.29, 1.82) is 0 Å². The molecule has 0 aliphatic carbocycles. The molecule has 4 atom stereocenters. The van der Waals surface area contributed by atoms with Crippen LogP contribution in [-0.4, -0.2) is 88.7 Å². The average Bonchev–Trinajstić information content (AvgIpc) is 3.59. The minimum absolute atomic E-state index is 0.0731. The molecule has 2 aromatic rings. The third-order valence-corrected chi connectivity index (χ3v) is 7.77. The number of likely N-dealkylation sites (tertiary alicyclic amines) is 1. The van der Waals surface area contributed by atoms with Gasteiger partial charge in [0.15, 0.2) is 0 Å². The van der Waals surface area contributed by atoms with Gasteiger partial charge in [-0.2, -0.15) is 0 Å². The molecule has 1 saturated heterocycles. The number of nitrogens with zero attached hydrogens (tertiary/aromatic N) is 3. The summed E-state index contributed by atoms with van der Waals surface area (Å²) in [5.41, 5.74) is 0.749. The number of carbonyl (C=O) groups excluding carboxylic acids is 4. The highest BCUT2D eigenvalue weighted by molar-refractivity contribution is 5.92. The molecular formula is C34H44N4O7. The fraction of sp³-hybridized carbons (Fsp3) is 0.471. The summed E-state index contributed by atoms with van der Waals surface area (Å²) in [6.45, 7) is 11.2. The van der Waals surface area contributed by atoms with Gasteiger partial charge < -0.3 is 24.4 Å². The lowest BCUT2D eigenvalue weighted by Gasteiger charge is -2.34. The molecule has 1 N–H and O–H groups in total. The second-order valence-corrected chi connectivity index (χ2v) is 12.7. The second kappa shape index (κ2) is 14.0. The Kier molecular flexibility index (Phi) is 10.4. The van der Waals surface area contributed by atoms with E-state index in [0.29, 0.717) is 11.4 Å². The van der Waals surface area contributed by atoms with E-state index in [0.717, 1.165) is 5.56 Å². The molecule has 0 spiro atoms. The number of rotatable bonds is 9. The molecule has 4 amide bonds. The molecule has 0 aromatic heterocycles. The van der Waals surface area contributed by atoms with Crippen LogP contribution in [0.1, 0.15) is 47.1 Å². The van der Waals surface area contributed by atoms with Crippen LogP contribution in [0.3, 0.4) is 0 Å². The van der Waals surface area contributed by atoms with Crippen molar-refractivity contribution in [1.82, 2.24) is 20.0 Å². The van der Waals surface area contributed by atoms with Crippen molar-refractivity contribution in [3.8, 4) is 5.75 Å². The molecular weight excluding hydrogens is 576 g/mol. The molecule has 2 aromatic carbocycles. The Morgan fingerprint density at radius 3 is 2.20 bits per heavy atom. The van der Waals surface area contributed by atoms with Crippen LogP contribution >= 0.6 is 0 Å². The molecule has 242 valence electrons. The van der Waals surface area contributed by atoms with Gasteiger partial charge in [-0.25, -0.2) is 9.59 Å². The molecule has 0 bridgehead atoms. The minimum Gasteiger partial charge on any atom is -0.486 e. The third kappa shape index (κ3) is 8.14. The van der Waals surface area contributed by atoms with Gasteiger partial charge in [0.2, 0.25) is 11.8 Å². The van der Waals surface area contributed by atoms with Gasteiger partial charge in [-0.3, -0.25) is 19.4 Å². The molecule has 45 heavy (non-hydrogen) atoms. The first-order chi connectivity index (χ1) is 21.3. The van der Waals surface area contributed by atoms with Crippen molar-refractivity contribution in [2.24, 2.45) is 5.92 Å². The maximum atomic E-state index is 14.1. The summed E-state index contributed by atoms with van der Waals surface area (Å²) < 4.78 is 17.4. The van der Waals surface area contributed by atoms with E-state index in [1.165, 1.54) is 16.8 Å². The molecule has 2 aliphatic rings. The van der Waals surface area contributed by atoms with Crippen LogP contribution in [0.15, 0.2) is 72.4 Å². The number of likely N-dealkylation sites (N-methyl/N-ethyl adjacent to an activating group) is 1. The van der Waals surface area contributed by atoms with E-state index < -0.39 is 47.9 Å². The lowest BCUT2D eigenvalue weighted by molar-refractivity contribution is -0.140. The summed E-state index contributed by atoms with van der Waals surface area (Å²) in [5.74, 6) is -0.474. The topological polar surface area (TPSA) is 118 Å². The average molecular weight is 621 g/mol. The van der Waals surface area contributed by atoms with Gasteiger partial charge in [0.1, 0.15) is 42.2 Å². The standard InChI is InChI=1S/C34H44N4O7/c1-22(2)28(35-30(39)23(3)36(7)32(41)43-21-24-14-10-8-11-15-24)31(40)37-19-18-26-29(37)27(44-25-16-12-9-13-17-25)20-38(26)33(42)45-34(4,5)6/h8-18,22-23,27-29H,19-21H2,1-7H3,(H,35,39). The Morgan fingerprint density at radius 2 is 1.60 bits per heavy atom. The number of benzene rings is 2. The van der Waals surface area contributed by atoms with Crippen LogP contribution in [0.4, 0.5) is 9.59 Å². The Labute approximate surface area is 265 Å². The monoisotopic (exact) mass is 620 g/mol. The van der Waals surface area contributed by atoms with Gasteiger partial charge in [0.25, 0.3) is 0 Å². The van der Waals surface area contributed by atoms with E-state index in [4.69, 9.17) is 14.2 Å². The Morgan fingerprint density at radius 1 is 0.978 bits per heavy atom. The summed E-state index contributed by atoms with van der Waals surface area (Å²) in [5, 5.41) is 2.86. The van der Waals surface area contributed by atoms with E-state index in [9.17, 15) is 19.2 Å². The van der Waals surface area contributed by atoms with E-state index in [1.54, 1.807) is 32.6 Å². The lowest BCUT2D eigenvalue weighted by Crippen LogP contribution is -2.57. The van der Waals surface area contributed by atoms with E-state index in [-0.39, 0.29) is 31.5 Å². The van der Waals surface area contributed by atoms with Crippen molar-refractivity contribution in [3.63, 3.8) is 0 Å². The summed E-state index contributed by atoms with van der Waals surface area (Å²) in [7, 11) is 1.48. The van der Waals surface area contributed by atoms with Crippen LogP contribution < -0.4 is 10.1 Å². The van der Waals surface area contributed by atoms with Gasteiger partial charge in [-0.05, 0) is 57.4 Å². The van der Waals surface area contributed by atoms with Crippen LogP contribution in [0.25, 0.3) is 0 Å². The summed E-state index contributed by atoms with van der Waals surface area (Å²) in [6, 6.07) is 16.1. The molecule has 2 aliphatic heterocycles. The van der Waals surface area contributed by atoms with E-state index in [2.05, 4.69) is 5.32 Å². The number of nitrogens with one attached hydrogen (secondary N) is 1. The number of amides is 4. The summed E-state index contributed by atoms with van der Waals surface area (Å²) in [4.78, 5) is 57.8. The zero-order valence-electron chi connectivity index (χ0n) is 27.1. The van der Waals surface area contributed by atoms with Crippen molar-refractivity contribution in [2.45, 2.75) is 78.0 Å². The molecule has 11 nitrogen and oxygen atoms in total. The Balaban J connectivity index is 1.47. The molecule has 4 rings (SSSR count). The van der Waals surface area contributed by atoms with Gasteiger partial charge in [0.05, 0.1) is 6.54 Å². The molecule has 0 radical (unpaired) electrons. The largest absolute Gasteiger partial charge is 0.486 e. The lowest BCUT2D eigenvalue weighted by atomic mass is 10.0. The van der Waals surface area contributed by atoms with Crippen LogP contribution in [0, 0.1) is 5.92 Å². The SMILES string of the molecule is CC(C)C(NC(=O)C(C)N(C)C(=O)OCc1ccccc1)C(=O)N1CC=C2C1C(Oc1ccccc1)CN2C(=O)OC(C)(C)C. The van der Waals surface area contributed by atoms with Crippen molar-refractivity contribution in [2.75, 3.05) is 20.1 Å². The highest BCUT2D eigenvalue weighted by Gasteiger charge is 2.51. The molecule has 2 heterocycles. The first-order valence-electron chi connectivity index (χ1n) is 15.2. The quantitative estimate of drug-likeness (QED) is 0.436. The number of hydrogen-bond donors (Lipinski definition) is 1. The minimum atomic E-state index is -0.905. The number of para-hydroxylation sites is 1. The van der Waals surface area contributed by atoms with Gasteiger partial charge in [-0.15, -0.1) is 0 Å². The van der Waals surface area contributed by atoms with Gasteiger partial charge in [-0.1, -0.05) is 62.4 Å². The zero-order valence-corrected chi connectivity index (χ0v) is 27.1. The summed E-state index contributed by atoms with van der Waals surface area (Å²) in [6.07, 6.45) is 0.0954. The number of carbonyl (C=O) groups is 4. The second-order valence-electron chi connectivity index (χ2n) is 12.7. The third-order valence-electron chi connectivity index (χ3n) is 7.77. The van der Waals surface area contributed by atoms with Gasteiger partial charge in [0, 0.05) is 19.3 Å².